The van der Waals surface area contributed by atoms with Crippen LogP contribution in [0.5, 0.6) is 0 Å². The quantitative estimate of drug-likeness (QED) is 0.335. The number of nitrogens with zero attached hydrogens (tertiary/aromatic N) is 2. The van der Waals surface area contributed by atoms with Crippen molar-refractivity contribution < 1.29 is 22.8 Å². The van der Waals surface area contributed by atoms with Gasteiger partial charge >= 0.3 is 6.18 Å². The fraction of sp³-hybridized carbons (Fsp3) is 0.240. The highest BCUT2D eigenvalue weighted by Crippen LogP contribution is 2.49. The highest BCUT2D eigenvalue weighted by Gasteiger charge is 2.62. The van der Waals surface area contributed by atoms with E-state index in [1.807, 2.05) is 12.1 Å². The second-order valence-electron chi connectivity index (χ2n) is 8.06. The molecule has 2 heterocycles. The first-order valence-electron chi connectivity index (χ1n) is 10.4. The summed E-state index contributed by atoms with van der Waals surface area (Å²) in [6.07, 6.45) is -2.89. The van der Waals surface area contributed by atoms with Crippen LogP contribution in [0.2, 0.25) is 10.0 Å². The molecule has 4 nitrogen and oxygen atoms in total. The van der Waals surface area contributed by atoms with Crippen molar-refractivity contribution in [2.45, 2.75) is 38.0 Å². The molecule has 0 saturated carbocycles. The molecule has 0 radical (unpaired) electrons. The third kappa shape index (κ3) is 4.81. The molecule has 0 amide bonds. The predicted octanol–water partition coefficient (Wildman–Crippen LogP) is 7.09. The van der Waals surface area contributed by atoms with E-state index in [0.717, 1.165) is 5.69 Å². The fourth-order valence-corrected chi connectivity index (χ4v) is 4.45. The van der Waals surface area contributed by atoms with Gasteiger partial charge in [0.15, 0.2) is 5.78 Å². The van der Waals surface area contributed by atoms with Crippen LogP contribution in [0.25, 0.3) is 0 Å². The molecule has 1 atom stereocenters. The van der Waals surface area contributed by atoms with Crippen LogP contribution in [0, 0.1) is 6.92 Å². The van der Waals surface area contributed by atoms with E-state index >= 15 is 0 Å². The van der Waals surface area contributed by atoms with Gasteiger partial charge in [0, 0.05) is 45.9 Å². The molecular formula is C25H19Cl2F3N2O2. The van der Waals surface area contributed by atoms with Crippen LogP contribution in [-0.2, 0) is 16.9 Å². The molecule has 34 heavy (non-hydrogen) atoms. The molecule has 9 heteroatoms. The minimum Gasteiger partial charge on any atom is -0.374 e. The van der Waals surface area contributed by atoms with Gasteiger partial charge in [0.1, 0.15) is 0 Å². The molecule has 0 saturated heterocycles. The summed E-state index contributed by atoms with van der Waals surface area (Å²) in [7, 11) is 0. The molecule has 0 aliphatic carbocycles. The van der Waals surface area contributed by atoms with Crippen molar-refractivity contribution in [3.63, 3.8) is 0 Å². The number of aromatic nitrogens is 1. The van der Waals surface area contributed by atoms with Crippen LogP contribution in [0.4, 0.5) is 13.2 Å². The maximum Gasteiger partial charge on any atom is 0.435 e. The van der Waals surface area contributed by atoms with Crippen LogP contribution < -0.4 is 0 Å². The SMILES string of the molecule is Cc1cc(C2=NOC(c3cc(Cl)cc(Cl)c3)(C(F)(F)F)C2)ccc1C(=O)CCc1ccccn1. The molecule has 0 spiro atoms. The maximum absolute atomic E-state index is 14.2. The smallest absolute Gasteiger partial charge is 0.374 e. The molecule has 4 rings (SSSR count). The maximum atomic E-state index is 14.2. The van der Waals surface area contributed by atoms with E-state index < -0.39 is 18.2 Å². The largest absolute Gasteiger partial charge is 0.435 e. The molecular weight excluding hydrogens is 488 g/mol. The van der Waals surface area contributed by atoms with Crippen LogP contribution >= 0.6 is 23.2 Å². The molecule has 2 aromatic carbocycles. The van der Waals surface area contributed by atoms with Gasteiger partial charge in [-0.2, -0.15) is 13.2 Å². The Hall–Kier alpha value is -2.90. The number of hydrogen-bond acceptors (Lipinski definition) is 4. The minimum absolute atomic E-state index is 0.0626. The van der Waals surface area contributed by atoms with Gasteiger partial charge in [-0.25, -0.2) is 0 Å². The summed E-state index contributed by atoms with van der Waals surface area (Å²) < 4.78 is 42.6. The van der Waals surface area contributed by atoms with E-state index in [2.05, 4.69) is 10.1 Å². The Labute approximate surface area is 204 Å². The fourth-order valence-electron chi connectivity index (χ4n) is 3.92. The average Bonchev–Trinajstić information content (AvgIpc) is 3.25. The summed E-state index contributed by atoms with van der Waals surface area (Å²) >= 11 is 11.9. The van der Waals surface area contributed by atoms with Gasteiger partial charge in [0.25, 0.3) is 5.60 Å². The van der Waals surface area contributed by atoms with Gasteiger partial charge in [-0.15, -0.1) is 0 Å². The van der Waals surface area contributed by atoms with Gasteiger partial charge in [-0.3, -0.25) is 9.78 Å². The Bertz CT molecular complexity index is 1240. The van der Waals surface area contributed by atoms with E-state index in [0.29, 0.717) is 23.1 Å². The summed E-state index contributed by atoms with van der Waals surface area (Å²) in [5.41, 5.74) is -0.421. The first kappa shape index (κ1) is 24.2. The van der Waals surface area contributed by atoms with Crippen molar-refractivity contribution >= 4 is 34.7 Å². The van der Waals surface area contributed by atoms with E-state index in [9.17, 15) is 18.0 Å². The topological polar surface area (TPSA) is 51.5 Å². The van der Waals surface area contributed by atoms with E-state index in [-0.39, 0.29) is 33.5 Å². The zero-order valence-corrected chi connectivity index (χ0v) is 19.5. The molecule has 0 fully saturated rings. The molecule has 176 valence electrons. The van der Waals surface area contributed by atoms with Crippen molar-refractivity contribution in [1.82, 2.24) is 4.98 Å². The second-order valence-corrected chi connectivity index (χ2v) is 8.94. The molecule has 0 bridgehead atoms. The third-order valence-corrected chi connectivity index (χ3v) is 6.15. The molecule has 1 unspecified atom stereocenters. The number of benzene rings is 2. The molecule has 1 aliphatic rings. The third-order valence-electron chi connectivity index (χ3n) is 5.71. The van der Waals surface area contributed by atoms with Crippen molar-refractivity contribution in [3.05, 3.63) is 98.8 Å². The number of rotatable bonds is 6. The Morgan fingerprint density at radius 3 is 2.44 bits per heavy atom. The minimum atomic E-state index is -4.78. The lowest BCUT2D eigenvalue weighted by molar-refractivity contribution is -0.275. The first-order valence-corrected chi connectivity index (χ1v) is 11.2. The lowest BCUT2D eigenvalue weighted by Gasteiger charge is -2.29. The van der Waals surface area contributed by atoms with E-state index in [1.54, 1.807) is 37.4 Å². The molecule has 3 aromatic rings. The lowest BCUT2D eigenvalue weighted by Crippen LogP contribution is -2.42. The number of carbonyl (C=O) groups excluding carboxylic acids is 1. The summed E-state index contributed by atoms with van der Waals surface area (Å²) in [5, 5.41) is 3.90. The summed E-state index contributed by atoms with van der Waals surface area (Å²) in [6.45, 7) is 1.74. The Morgan fingerprint density at radius 2 is 1.82 bits per heavy atom. The molecule has 0 N–H and O–H groups in total. The Morgan fingerprint density at radius 1 is 1.09 bits per heavy atom. The zero-order valence-electron chi connectivity index (χ0n) is 18.0. The Balaban J connectivity index is 1.56. The number of Topliss-reactive ketones (excluding diaryl/α,β-unsaturated/α-hetero) is 1. The summed E-state index contributed by atoms with van der Waals surface area (Å²) in [4.78, 5) is 22.0. The van der Waals surface area contributed by atoms with E-state index in [1.165, 1.54) is 18.2 Å². The van der Waals surface area contributed by atoms with Gasteiger partial charge in [-0.1, -0.05) is 46.6 Å². The number of alkyl halides is 3. The standard InChI is InChI=1S/C25H19Cl2F3N2O2/c1-15-10-16(5-7-21(15)23(33)8-6-20-4-2-3-9-31-20)22-14-24(34-32-22,25(28,29)30)17-11-18(26)13-19(27)12-17/h2-5,7,9-13H,6,8,14H2,1H3. The van der Waals surface area contributed by atoms with Crippen molar-refractivity contribution in [2.75, 3.05) is 0 Å². The molecule has 1 aromatic heterocycles. The predicted molar refractivity (Wildman–Crippen MR) is 125 cm³/mol. The number of hydrogen-bond donors (Lipinski definition) is 0. The first-order chi connectivity index (χ1) is 16.1. The highest BCUT2D eigenvalue weighted by molar-refractivity contribution is 6.34. The van der Waals surface area contributed by atoms with Crippen LogP contribution in [-0.4, -0.2) is 22.7 Å². The number of carbonyl (C=O) groups is 1. The molecule has 1 aliphatic heterocycles. The van der Waals surface area contributed by atoms with Gasteiger partial charge in [0.2, 0.25) is 0 Å². The highest BCUT2D eigenvalue weighted by atomic mass is 35.5. The van der Waals surface area contributed by atoms with Crippen molar-refractivity contribution in [1.29, 1.82) is 0 Å². The average molecular weight is 507 g/mol. The van der Waals surface area contributed by atoms with Gasteiger partial charge in [-0.05, 0) is 60.9 Å². The second kappa shape index (κ2) is 9.39. The Kier molecular flexibility index (Phi) is 6.69. The van der Waals surface area contributed by atoms with Crippen LogP contribution in [0.3, 0.4) is 0 Å². The van der Waals surface area contributed by atoms with Gasteiger partial charge in [0.05, 0.1) is 5.71 Å². The zero-order chi connectivity index (χ0) is 24.5. The lowest BCUT2D eigenvalue weighted by atomic mass is 9.86. The normalized spacial score (nSPS) is 17.9. The number of ketones is 1. The summed E-state index contributed by atoms with van der Waals surface area (Å²) in [6, 6.07) is 14.0. The van der Waals surface area contributed by atoms with Crippen LogP contribution in [0.15, 0.2) is 65.9 Å². The van der Waals surface area contributed by atoms with Crippen molar-refractivity contribution in [3.8, 4) is 0 Å². The van der Waals surface area contributed by atoms with E-state index in [4.69, 9.17) is 28.0 Å². The van der Waals surface area contributed by atoms with Crippen molar-refractivity contribution in [2.24, 2.45) is 5.16 Å². The van der Waals surface area contributed by atoms with Crippen LogP contribution in [0.1, 0.15) is 45.6 Å². The number of oxime groups is 1. The van der Waals surface area contributed by atoms with Gasteiger partial charge < -0.3 is 4.84 Å². The monoisotopic (exact) mass is 506 g/mol. The number of pyridine rings is 1. The number of halogens is 5. The number of aryl methyl sites for hydroxylation is 2. The summed E-state index contributed by atoms with van der Waals surface area (Å²) in [5.74, 6) is -0.0717.